The Bertz CT molecular complexity index is 259. The molecule has 0 N–H and O–H groups in total. The molecule has 3 heteroatoms. The molecule has 0 radical (unpaired) electrons. The van der Waals surface area contributed by atoms with Gasteiger partial charge < -0.3 is 4.74 Å². The molecule has 3 fully saturated rings. The average molecular weight is 302 g/mol. The lowest BCUT2D eigenvalue weighted by Gasteiger charge is -2.45. The summed E-state index contributed by atoms with van der Waals surface area (Å²) in [6, 6.07) is 2.53. The molecule has 2 bridgehead atoms. The highest BCUT2D eigenvalue weighted by atomic mass is 79.9. The number of nitrogens with zero attached hydrogens (tertiary/aromatic N) is 1. The normalized spacial score (nSPS) is 47.3. The Labute approximate surface area is 113 Å². The van der Waals surface area contributed by atoms with Crippen LogP contribution < -0.4 is 0 Å². The summed E-state index contributed by atoms with van der Waals surface area (Å²) in [5, 5.41) is 0. The van der Waals surface area contributed by atoms with Crippen LogP contribution in [-0.2, 0) is 4.74 Å². The maximum Gasteiger partial charge on any atom is 0.0586 e. The highest BCUT2D eigenvalue weighted by Gasteiger charge is 2.44. The van der Waals surface area contributed by atoms with E-state index >= 15 is 0 Å². The quantitative estimate of drug-likeness (QED) is 0.726. The van der Waals surface area contributed by atoms with Crippen LogP contribution in [0.1, 0.15) is 51.4 Å². The van der Waals surface area contributed by atoms with Crippen LogP contribution in [0.5, 0.6) is 0 Å². The van der Waals surface area contributed by atoms with Gasteiger partial charge in [-0.05, 0) is 51.4 Å². The van der Waals surface area contributed by atoms with Crippen LogP contribution in [0.2, 0.25) is 0 Å². The zero-order valence-corrected chi connectivity index (χ0v) is 12.4. The third-order valence-electron chi connectivity index (χ3n) is 5.09. The summed E-state index contributed by atoms with van der Waals surface area (Å²) in [5.74, 6) is 0. The number of ether oxygens (including phenoxy) is 1. The van der Waals surface area contributed by atoms with Gasteiger partial charge in [-0.25, -0.2) is 0 Å². The van der Waals surface area contributed by atoms with Crippen molar-refractivity contribution in [3.05, 3.63) is 0 Å². The molecule has 3 rings (SSSR count). The van der Waals surface area contributed by atoms with Gasteiger partial charge in [0.05, 0.1) is 6.10 Å². The lowest BCUT2D eigenvalue weighted by atomic mass is 9.88. The molecular weight excluding hydrogens is 278 g/mol. The third kappa shape index (κ3) is 2.43. The topological polar surface area (TPSA) is 12.5 Å². The molecule has 1 aliphatic carbocycles. The predicted octanol–water partition coefficient (Wildman–Crippen LogP) is 3.33. The SMILES string of the molecule is COC1CCCC(N2C3CCC2CC(Br)C3)C1. The number of halogens is 1. The molecule has 0 amide bonds. The summed E-state index contributed by atoms with van der Waals surface area (Å²) >= 11 is 3.83. The number of fused-ring (bicyclic) bond motifs is 2. The monoisotopic (exact) mass is 301 g/mol. The number of methoxy groups -OCH3 is 1. The van der Waals surface area contributed by atoms with Gasteiger partial charge in [-0.15, -0.1) is 0 Å². The van der Waals surface area contributed by atoms with Gasteiger partial charge >= 0.3 is 0 Å². The number of hydrogen-bond donors (Lipinski definition) is 0. The second kappa shape index (κ2) is 5.18. The molecule has 2 nitrogen and oxygen atoms in total. The van der Waals surface area contributed by atoms with Crippen molar-refractivity contribution in [1.82, 2.24) is 4.90 Å². The number of rotatable bonds is 2. The summed E-state index contributed by atoms with van der Waals surface area (Å²) in [5.41, 5.74) is 0. The fourth-order valence-corrected chi connectivity index (χ4v) is 5.21. The molecule has 2 heterocycles. The Balaban J connectivity index is 1.68. The van der Waals surface area contributed by atoms with E-state index in [-0.39, 0.29) is 0 Å². The largest absolute Gasteiger partial charge is 0.381 e. The molecule has 17 heavy (non-hydrogen) atoms. The summed E-state index contributed by atoms with van der Waals surface area (Å²) in [4.78, 5) is 3.65. The van der Waals surface area contributed by atoms with Crippen LogP contribution in [-0.4, -0.2) is 41.1 Å². The molecule has 0 aromatic carbocycles. The lowest BCUT2D eigenvalue weighted by molar-refractivity contribution is 0.00152. The molecule has 98 valence electrons. The van der Waals surface area contributed by atoms with Crippen molar-refractivity contribution in [3.8, 4) is 0 Å². The molecule has 2 aliphatic heterocycles. The smallest absolute Gasteiger partial charge is 0.0586 e. The van der Waals surface area contributed by atoms with Gasteiger partial charge in [0.2, 0.25) is 0 Å². The lowest BCUT2D eigenvalue weighted by Crippen LogP contribution is -2.51. The van der Waals surface area contributed by atoms with Crippen molar-refractivity contribution < 1.29 is 4.74 Å². The summed E-state index contributed by atoms with van der Waals surface area (Å²) in [7, 11) is 1.88. The van der Waals surface area contributed by atoms with E-state index in [1.165, 1.54) is 51.4 Å². The summed E-state index contributed by atoms with van der Waals surface area (Å²) in [6.45, 7) is 0. The number of alkyl halides is 1. The van der Waals surface area contributed by atoms with Gasteiger partial charge in [0.25, 0.3) is 0 Å². The minimum atomic E-state index is 0.523. The van der Waals surface area contributed by atoms with E-state index in [9.17, 15) is 0 Å². The highest BCUT2D eigenvalue weighted by molar-refractivity contribution is 9.09. The van der Waals surface area contributed by atoms with Crippen molar-refractivity contribution in [3.63, 3.8) is 0 Å². The molecule has 2 saturated heterocycles. The molecule has 1 saturated carbocycles. The first-order valence-corrected chi connectivity index (χ1v) is 8.13. The van der Waals surface area contributed by atoms with Gasteiger partial charge in [-0.3, -0.25) is 4.90 Å². The zero-order valence-electron chi connectivity index (χ0n) is 10.8. The van der Waals surface area contributed by atoms with Gasteiger partial charge in [-0.2, -0.15) is 0 Å². The maximum atomic E-state index is 5.59. The van der Waals surface area contributed by atoms with E-state index in [4.69, 9.17) is 4.74 Å². The van der Waals surface area contributed by atoms with Crippen LogP contribution in [0, 0.1) is 0 Å². The van der Waals surface area contributed by atoms with E-state index in [2.05, 4.69) is 20.8 Å². The van der Waals surface area contributed by atoms with Crippen LogP contribution in [0.15, 0.2) is 0 Å². The van der Waals surface area contributed by atoms with E-state index in [1.807, 2.05) is 7.11 Å². The van der Waals surface area contributed by atoms with Crippen LogP contribution in [0.4, 0.5) is 0 Å². The molecule has 4 atom stereocenters. The van der Waals surface area contributed by atoms with Gasteiger partial charge in [-0.1, -0.05) is 15.9 Å². The number of piperidine rings is 1. The Hall–Kier alpha value is 0.400. The minimum absolute atomic E-state index is 0.523. The fraction of sp³-hybridized carbons (Fsp3) is 1.00. The maximum absolute atomic E-state index is 5.59. The van der Waals surface area contributed by atoms with Crippen molar-refractivity contribution in [2.45, 2.75) is 80.4 Å². The molecule has 0 spiro atoms. The van der Waals surface area contributed by atoms with Gasteiger partial charge in [0, 0.05) is 30.1 Å². The van der Waals surface area contributed by atoms with E-state index < -0.39 is 0 Å². The standard InChI is InChI=1S/C14H24BrNO/c1-17-14-4-2-3-11(9-14)16-12-5-6-13(16)8-10(15)7-12/h10-14H,2-9H2,1H3. The molecule has 3 aliphatic rings. The Morgan fingerprint density at radius 1 is 0.941 bits per heavy atom. The molecular formula is C14H24BrNO. The Morgan fingerprint density at radius 3 is 2.24 bits per heavy atom. The zero-order chi connectivity index (χ0) is 11.8. The first-order valence-electron chi connectivity index (χ1n) is 7.22. The average Bonchev–Trinajstić information content (AvgIpc) is 2.62. The van der Waals surface area contributed by atoms with Gasteiger partial charge in [0.15, 0.2) is 0 Å². The first kappa shape index (κ1) is 12.4. The van der Waals surface area contributed by atoms with Crippen LogP contribution >= 0.6 is 15.9 Å². The van der Waals surface area contributed by atoms with Crippen molar-refractivity contribution >= 4 is 15.9 Å². The van der Waals surface area contributed by atoms with Crippen molar-refractivity contribution in [2.75, 3.05) is 7.11 Å². The Kier molecular flexibility index (Phi) is 3.79. The molecule has 0 aromatic heterocycles. The van der Waals surface area contributed by atoms with Crippen LogP contribution in [0.25, 0.3) is 0 Å². The van der Waals surface area contributed by atoms with E-state index in [1.54, 1.807) is 0 Å². The van der Waals surface area contributed by atoms with Gasteiger partial charge in [0.1, 0.15) is 0 Å². The third-order valence-corrected chi connectivity index (χ3v) is 5.83. The minimum Gasteiger partial charge on any atom is -0.381 e. The van der Waals surface area contributed by atoms with Crippen molar-refractivity contribution in [2.24, 2.45) is 0 Å². The second-order valence-corrected chi connectivity index (χ2v) is 7.37. The Morgan fingerprint density at radius 2 is 1.59 bits per heavy atom. The molecule has 0 aromatic rings. The van der Waals surface area contributed by atoms with Crippen LogP contribution in [0.3, 0.4) is 0 Å². The molecule has 4 unspecified atom stereocenters. The second-order valence-electron chi connectivity index (χ2n) is 6.08. The van der Waals surface area contributed by atoms with E-state index in [0.717, 1.165) is 23.0 Å². The summed E-state index contributed by atoms with van der Waals surface area (Å²) in [6.07, 6.45) is 11.4. The number of hydrogen-bond acceptors (Lipinski definition) is 2. The summed E-state index contributed by atoms with van der Waals surface area (Å²) < 4.78 is 5.59. The highest BCUT2D eigenvalue weighted by Crippen LogP contribution is 2.42. The first-order chi connectivity index (χ1) is 8.28. The predicted molar refractivity (Wildman–Crippen MR) is 73.7 cm³/mol. The van der Waals surface area contributed by atoms with Crippen molar-refractivity contribution in [1.29, 1.82) is 0 Å². The van der Waals surface area contributed by atoms with E-state index in [0.29, 0.717) is 6.10 Å². The fourth-order valence-electron chi connectivity index (χ4n) is 4.35.